The smallest absolute Gasteiger partial charge is 0.423 e. The van der Waals surface area contributed by atoms with Crippen LogP contribution in [0.5, 0.6) is 11.6 Å². The maximum atomic E-state index is 12.9. The van der Waals surface area contributed by atoms with Crippen molar-refractivity contribution in [3.8, 4) is 11.6 Å². The lowest BCUT2D eigenvalue weighted by Gasteiger charge is -2.24. The van der Waals surface area contributed by atoms with Crippen molar-refractivity contribution in [3.05, 3.63) is 36.0 Å². The van der Waals surface area contributed by atoms with Crippen LogP contribution in [0.25, 0.3) is 0 Å². The molecule has 0 saturated carbocycles. The number of ether oxygens (including phenoxy) is 2. The molecule has 1 aromatic heterocycles. The van der Waals surface area contributed by atoms with E-state index in [9.17, 15) is 13.2 Å². The van der Waals surface area contributed by atoms with Gasteiger partial charge in [-0.1, -0.05) is 12.1 Å². The maximum absolute atomic E-state index is 12.9. The summed E-state index contributed by atoms with van der Waals surface area (Å²) >= 11 is 0. The quantitative estimate of drug-likeness (QED) is 0.793. The van der Waals surface area contributed by atoms with Crippen molar-refractivity contribution in [2.45, 2.75) is 20.0 Å². The molecular weight excluding hydrogens is 323 g/mol. The Labute approximate surface area is 138 Å². The Morgan fingerprint density at radius 1 is 1.17 bits per heavy atom. The zero-order valence-corrected chi connectivity index (χ0v) is 13.6. The minimum Gasteiger partial charge on any atom is -0.492 e. The number of aromatic nitrogens is 2. The van der Waals surface area contributed by atoms with Gasteiger partial charge >= 0.3 is 6.18 Å². The van der Waals surface area contributed by atoms with Crippen molar-refractivity contribution < 1.29 is 22.6 Å². The molecule has 5 nitrogen and oxygen atoms in total. The fourth-order valence-corrected chi connectivity index (χ4v) is 2.21. The number of anilines is 2. The van der Waals surface area contributed by atoms with E-state index in [1.54, 1.807) is 17.0 Å². The van der Waals surface area contributed by atoms with Gasteiger partial charge in [-0.2, -0.15) is 18.2 Å². The van der Waals surface area contributed by atoms with Gasteiger partial charge in [0, 0.05) is 12.7 Å². The van der Waals surface area contributed by atoms with Crippen molar-refractivity contribution >= 4 is 11.6 Å². The number of hydrogen-bond donors (Lipinski definition) is 0. The fourth-order valence-electron chi connectivity index (χ4n) is 2.21. The van der Waals surface area contributed by atoms with Crippen LogP contribution in [0.2, 0.25) is 0 Å². The lowest BCUT2D eigenvalue weighted by molar-refractivity contribution is -0.139. The lowest BCUT2D eigenvalue weighted by atomic mass is 10.2. The summed E-state index contributed by atoms with van der Waals surface area (Å²) < 4.78 is 49.2. The fraction of sp³-hybridized carbons (Fsp3) is 0.375. The molecule has 0 fully saturated rings. The molecular formula is C16H18F3N3O2. The molecule has 0 aliphatic carbocycles. The number of methoxy groups -OCH3 is 1. The van der Waals surface area contributed by atoms with Crippen LogP contribution in [-0.4, -0.2) is 30.2 Å². The summed E-state index contributed by atoms with van der Waals surface area (Å²) in [4.78, 5) is 9.45. The predicted molar refractivity (Wildman–Crippen MR) is 83.9 cm³/mol. The third kappa shape index (κ3) is 3.69. The van der Waals surface area contributed by atoms with E-state index in [2.05, 4.69) is 9.97 Å². The van der Waals surface area contributed by atoms with Crippen LogP contribution in [0.3, 0.4) is 0 Å². The number of nitrogens with zero attached hydrogens (tertiary/aromatic N) is 3. The average molecular weight is 341 g/mol. The molecule has 0 spiro atoms. The van der Waals surface area contributed by atoms with Gasteiger partial charge in [0.1, 0.15) is 11.3 Å². The molecule has 8 heteroatoms. The van der Waals surface area contributed by atoms with Crippen LogP contribution in [0.4, 0.5) is 24.8 Å². The first-order chi connectivity index (χ1) is 11.4. The summed E-state index contributed by atoms with van der Waals surface area (Å²) in [5, 5.41) is 0. The van der Waals surface area contributed by atoms with Crippen molar-refractivity contribution in [2.24, 2.45) is 0 Å². The van der Waals surface area contributed by atoms with Crippen molar-refractivity contribution in [1.82, 2.24) is 9.97 Å². The molecule has 24 heavy (non-hydrogen) atoms. The number of rotatable bonds is 6. The monoisotopic (exact) mass is 341 g/mol. The Kier molecular flexibility index (Phi) is 5.48. The topological polar surface area (TPSA) is 47.5 Å². The third-order valence-corrected chi connectivity index (χ3v) is 3.25. The second-order valence-corrected chi connectivity index (χ2v) is 4.74. The molecule has 0 N–H and O–H groups in total. The van der Waals surface area contributed by atoms with Gasteiger partial charge in [0.2, 0.25) is 11.8 Å². The van der Waals surface area contributed by atoms with Crippen molar-refractivity contribution in [2.75, 3.05) is 25.2 Å². The van der Waals surface area contributed by atoms with Gasteiger partial charge < -0.3 is 14.4 Å². The zero-order valence-electron chi connectivity index (χ0n) is 13.6. The zero-order chi connectivity index (χ0) is 17.7. The summed E-state index contributed by atoms with van der Waals surface area (Å²) in [6, 6.07) is 7.20. The minimum absolute atomic E-state index is 0.106. The molecule has 0 saturated heterocycles. The molecule has 0 aliphatic rings. The molecule has 0 bridgehead atoms. The van der Waals surface area contributed by atoms with E-state index in [1.165, 1.54) is 0 Å². The highest BCUT2D eigenvalue weighted by Crippen LogP contribution is 2.37. The Morgan fingerprint density at radius 2 is 1.88 bits per heavy atom. The van der Waals surface area contributed by atoms with E-state index in [4.69, 9.17) is 9.47 Å². The number of para-hydroxylation sites is 2. The van der Waals surface area contributed by atoms with Gasteiger partial charge in [0.05, 0.1) is 19.4 Å². The van der Waals surface area contributed by atoms with Crippen LogP contribution in [0.15, 0.2) is 30.5 Å². The standard InChI is InChI=1S/C16H18F3N3O2/c1-4-22(12-8-6-7-9-13(12)24-5-2)15-20-10-11(16(17,18)19)14(21-15)23-3/h6-10H,4-5H2,1-3H3. The van der Waals surface area contributed by atoms with E-state index in [-0.39, 0.29) is 5.95 Å². The molecule has 2 aromatic rings. The van der Waals surface area contributed by atoms with Gasteiger partial charge in [-0.25, -0.2) is 4.98 Å². The molecule has 130 valence electrons. The van der Waals surface area contributed by atoms with Crippen molar-refractivity contribution in [3.63, 3.8) is 0 Å². The van der Waals surface area contributed by atoms with E-state index < -0.39 is 17.6 Å². The van der Waals surface area contributed by atoms with Gasteiger partial charge in [-0.05, 0) is 26.0 Å². The maximum Gasteiger partial charge on any atom is 0.423 e. The van der Waals surface area contributed by atoms with Crippen LogP contribution >= 0.6 is 0 Å². The SMILES string of the molecule is CCOc1ccccc1N(CC)c1ncc(C(F)(F)F)c(OC)n1. The Morgan fingerprint density at radius 3 is 2.46 bits per heavy atom. The lowest BCUT2D eigenvalue weighted by Crippen LogP contribution is -2.21. The highest BCUT2D eigenvalue weighted by Gasteiger charge is 2.36. The largest absolute Gasteiger partial charge is 0.492 e. The predicted octanol–water partition coefficient (Wildman–Crippen LogP) is 4.06. The third-order valence-electron chi connectivity index (χ3n) is 3.25. The number of benzene rings is 1. The number of halogens is 3. The molecule has 1 heterocycles. The molecule has 2 rings (SSSR count). The summed E-state index contributed by atoms with van der Waals surface area (Å²) in [7, 11) is 1.14. The molecule has 0 unspecified atom stereocenters. The molecule has 0 amide bonds. The Hall–Kier alpha value is -2.51. The van der Waals surface area contributed by atoms with E-state index in [1.807, 2.05) is 26.0 Å². The average Bonchev–Trinajstić information content (AvgIpc) is 2.56. The van der Waals surface area contributed by atoms with Crippen LogP contribution in [0, 0.1) is 0 Å². The number of alkyl halides is 3. The molecule has 1 aromatic carbocycles. The summed E-state index contributed by atoms with van der Waals surface area (Å²) in [6.07, 6.45) is -3.85. The summed E-state index contributed by atoms with van der Waals surface area (Å²) in [5.41, 5.74) is -0.341. The van der Waals surface area contributed by atoms with Gasteiger partial charge in [0.25, 0.3) is 0 Å². The molecule has 0 radical (unpaired) electrons. The van der Waals surface area contributed by atoms with Crippen molar-refractivity contribution in [1.29, 1.82) is 0 Å². The number of hydrogen-bond acceptors (Lipinski definition) is 5. The van der Waals surface area contributed by atoms with E-state index >= 15 is 0 Å². The first-order valence-electron chi connectivity index (χ1n) is 7.39. The second kappa shape index (κ2) is 7.37. The Bertz CT molecular complexity index is 693. The van der Waals surface area contributed by atoms with E-state index in [0.29, 0.717) is 24.6 Å². The van der Waals surface area contributed by atoms with E-state index in [0.717, 1.165) is 13.3 Å². The van der Waals surface area contributed by atoms with Crippen LogP contribution < -0.4 is 14.4 Å². The summed E-state index contributed by atoms with van der Waals surface area (Å²) in [6.45, 7) is 4.60. The van der Waals surface area contributed by atoms with Crippen LogP contribution in [-0.2, 0) is 6.18 Å². The van der Waals surface area contributed by atoms with Gasteiger partial charge in [0.15, 0.2) is 0 Å². The first-order valence-corrected chi connectivity index (χ1v) is 7.39. The summed E-state index contributed by atoms with van der Waals surface area (Å²) in [5.74, 6) is 0.193. The normalized spacial score (nSPS) is 11.2. The molecule has 0 atom stereocenters. The highest BCUT2D eigenvalue weighted by atomic mass is 19.4. The Balaban J connectivity index is 2.49. The van der Waals surface area contributed by atoms with Gasteiger partial charge in [-0.3, -0.25) is 0 Å². The first kappa shape index (κ1) is 17.8. The highest BCUT2D eigenvalue weighted by molar-refractivity contribution is 5.65. The second-order valence-electron chi connectivity index (χ2n) is 4.74. The minimum atomic E-state index is -4.58. The van der Waals surface area contributed by atoms with Crippen LogP contribution in [0.1, 0.15) is 19.4 Å². The van der Waals surface area contributed by atoms with Gasteiger partial charge in [-0.15, -0.1) is 0 Å². The molecule has 0 aliphatic heterocycles.